The monoisotopic (exact) mass is 422 g/mol. The molecule has 31 heavy (non-hydrogen) atoms. The first kappa shape index (κ1) is 23.3. The molecule has 0 radical (unpaired) electrons. The fourth-order valence-corrected chi connectivity index (χ4v) is 4.41. The minimum atomic E-state index is -0.465. The largest absolute Gasteiger partial charge is 0.444 e. The van der Waals surface area contributed by atoms with Crippen molar-refractivity contribution in [2.24, 2.45) is 5.92 Å². The summed E-state index contributed by atoms with van der Waals surface area (Å²) in [6.45, 7) is 10.9. The Hall–Kier alpha value is -2.33. The van der Waals surface area contributed by atoms with Crippen molar-refractivity contribution in [3.8, 4) is 0 Å². The molecule has 1 aliphatic carbocycles. The van der Waals surface area contributed by atoms with Gasteiger partial charge in [0.05, 0.1) is 0 Å². The number of nitrogens with zero attached hydrogens (tertiary/aromatic N) is 1. The molecule has 1 amide bonds. The van der Waals surface area contributed by atoms with Gasteiger partial charge in [-0.3, -0.25) is 4.90 Å². The number of benzene rings is 2. The van der Waals surface area contributed by atoms with E-state index in [1.165, 1.54) is 11.1 Å². The van der Waals surface area contributed by atoms with Crippen LogP contribution >= 0.6 is 0 Å². The number of carbonyl (C=O) groups is 1. The van der Waals surface area contributed by atoms with Crippen LogP contribution in [0.5, 0.6) is 0 Å². The van der Waals surface area contributed by atoms with E-state index in [0.29, 0.717) is 5.92 Å². The molecule has 3 rings (SSSR count). The molecule has 0 aliphatic heterocycles. The molecular weight excluding hydrogens is 384 g/mol. The second-order valence-electron chi connectivity index (χ2n) is 10.3. The van der Waals surface area contributed by atoms with Crippen LogP contribution < -0.4 is 5.32 Å². The molecule has 1 fully saturated rings. The SMILES string of the molecule is CC(C)(C)OC(=O)N[C@]1(C)CC[C@@H](CN(Cc2ccccc2)Cc2ccccc2)CC1. The maximum absolute atomic E-state index is 12.3. The van der Waals surface area contributed by atoms with E-state index in [1.54, 1.807) is 0 Å². The van der Waals surface area contributed by atoms with Crippen LogP contribution in [-0.4, -0.2) is 28.7 Å². The zero-order valence-electron chi connectivity index (χ0n) is 19.6. The first-order chi connectivity index (χ1) is 14.7. The molecule has 0 heterocycles. The van der Waals surface area contributed by atoms with Crippen molar-refractivity contribution in [3.05, 3.63) is 71.8 Å². The normalized spacial score (nSPS) is 21.6. The summed E-state index contributed by atoms with van der Waals surface area (Å²) in [5.41, 5.74) is 2.06. The van der Waals surface area contributed by atoms with Gasteiger partial charge >= 0.3 is 6.09 Å². The van der Waals surface area contributed by atoms with Crippen LogP contribution in [0.4, 0.5) is 4.79 Å². The van der Waals surface area contributed by atoms with E-state index in [0.717, 1.165) is 45.3 Å². The number of ether oxygens (including phenoxy) is 1. The van der Waals surface area contributed by atoms with E-state index in [1.807, 2.05) is 20.8 Å². The molecule has 0 unspecified atom stereocenters. The molecule has 1 saturated carbocycles. The van der Waals surface area contributed by atoms with Crippen molar-refractivity contribution >= 4 is 6.09 Å². The number of hydrogen-bond donors (Lipinski definition) is 1. The van der Waals surface area contributed by atoms with E-state index in [-0.39, 0.29) is 11.6 Å². The Balaban J connectivity index is 1.57. The van der Waals surface area contributed by atoms with Gasteiger partial charge in [-0.2, -0.15) is 0 Å². The van der Waals surface area contributed by atoms with Gasteiger partial charge in [0, 0.05) is 25.2 Å². The van der Waals surface area contributed by atoms with Crippen LogP contribution in [0, 0.1) is 5.92 Å². The lowest BCUT2D eigenvalue weighted by Gasteiger charge is -2.39. The number of carbonyl (C=O) groups excluding carboxylic acids is 1. The number of alkyl carbamates (subject to hydrolysis) is 1. The molecule has 0 saturated heterocycles. The number of rotatable bonds is 7. The predicted octanol–water partition coefficient (Wildman–Crippen LogP) is 6.16. The summed E-state index contributed by atoms with van der Waals surface area (Å²) in [5.74, 6) is 0.640. The van der Waals surface area contributed by atoms with E-state index in [2.05, 4.69) is 77.8 Å². The van der Waals surface area contributed by atoms with Gasteiger partial charge in [0.25, 0.3) is 0 Å². The smallest absolute Gasteiger partial charge is 0.408 e. The molecule has 168 valence electrons. The summed E-state index contributed by atoms with van der Waals surface area (Å²) in [6.07, 6.45) is 3.91. The first-order valence-corrected chi connectivity index (χ1v) is 11.5. The van der Waals surface area contributed by atoms with Crippen molar-refractivity contribution in [1.82, 2.24) is 10.2 Å². The molecule has 0 bridgehead atoms. The maximum atomic E-state index is 12.3. The fraction of sp³-hybridized carbons (Fsp3) is 0.519. The zero-order chi connectivity index (χ0) is 22.3. The van der Waals surface area contributed by atoms with Gasteiger partial charge in [0.15, 0.2) is 0 Å². The van der Waals surface area contributed by atoms with E-state index in [4.69, 9.17) is 4.74 Å². The topological polar surface area (TPSA) is 41.6 Å². The quantitative estimate of drug-likeness (QED) is 0.581. The molecule has 2 aromatic rings. The summed E-state index contributed by atoms with van der Waals surface area (Å²) < 4.78 is 5.47. The summed E-state index contributed by atoms with van der Waals surface area (Å²) in [7, 11) is 0. The van der Waals surface area contributed by atoms with E-state index >= 15 is 0 Å². The highest BCUT2D eigenvalue weighted by Crippen LogP contribution is 2.33. The van der Waals surface area contributed by atoms with Crippen molar-refractivity contribution in [2.45, 2.75) is 77.6 Å². The Morgan fingerprint density at radius 1 is 0.968 bits per heavy atom. The molecule has 1 N–H and O–H groups in total. The Labute approximate surface area is 188 Å². The Kier molecular flexibility index (Phi) is 7.77. The lowest BCUT2D eigenvalue weighted by atomic mass is 9.77. The Bertz CT molecular complexity index is 765. The zero-order valence-corrected chi connectivity index (χ0v) is 19.6. The molecule has 4 heteroatoms. The number of hydrogen-bond acceptors (Lipinski definition) is 3. The molecule has 1 aliphatic rings. The van der Waals surface area contributed by atoms with Gasteiger partial charge in [-0.15, -0.1) is 0 Å². The van der Waals surface area contributed by atoms with Gasteiger partial charge in [0.2, 0.25) is 0 Å². The molecule has 0 aromatic heterocycles. The van der Waals surface area contributed by atoms with E-state index in [9.17, 15) is 4.79 Å². The highest BCUT2D eigenvalue weighted by Gasteiger charge is 2.34. The Morgan fingerprint density at radius 3 is 1.90 bits per heavy atom. The van der Waals surface area contributed by atoms with Crippen LogP contribution in [0.3, 0.4) is 0 Å². The minimum Gasteiger partial charge on any atom is -0.444 e. The van der Waals surface area contributed by atoms with Crippen molar-refractivity contribution in [1.29, 1.82) is 0 Å². The molecule has 2 aromatic carbocycles. The van der Waals surface area contributed by atoms with Gasteiger partial charge in [-0.05, 0) is 70.4 Å². The standard InChI is InChI=1S/C27H38N2O2/c1-26(2,3)31-25(30)28-27(4)17-15-24(16-18-27)21-29(19-22-11-7-5-8-12-22)20-23-13-9-6-10-14-23/h5-14,24H,15-21H2,1-4H3,(H,28,30)/t24-,27-. The van der Waals surface area contributed by atoms with Gasteiger partial charge in [-0.1, -0.05) is 60.7 Å². The third-order valence-electron chi connectivity index (χ3n) is 6.03. The van der Waals surface area contributed by atoms with Crippen LogP contribution in [0.1, 0.15) is 64.5 Å². The van der Waals surface area contributed by atoms with E-state index < -0.39 is 5.60 Å². The first-order valence-electron chi connectivity index (χ1n) is 11.5. The maximum Gasteiger partial charge on any atom is 0.408 e. The van der Waals surface area contributed by atoms with Crippen molar-refractivity contribution in [3.63, 3.8) is 0 Å². The summed E-state index contributed by atoms with van der Waals surface area (Å²) in [5, 5.41) is 3.13. The highest BCUT2D eigenvalue weighted by atomic mass is 16.6. The van der Waals surface area contributed by atoms with Crippen LogP contribution in [-0.2, 0) is 17.8 Å². The molecule has 4 nitrogen and oxygen atoms in total. The third kappa shape index (κ3) is 8.02. The predicted molar refractivity (Wildman–Crippen MR) is 127 cm³/mol. The van der Waals surface area contributed by atoms with Crippen molar-refractivity contribution in [2.75, 3.05) is 6.54 Å². The number of amides is 1. The summed E-state index contributed by atoms with van der Waals surface area (Å²) in [4.78, 5) is 14.8. The third-order valence-corrected chi connectivity index (χ3v) is 6.03. The van der Waals surface area contributed by atoms with Crippen LogP contribution in [0.15, 0.2) is 60.7 Å². The van der Waals surface area contributed by atoms with Gasteiger partial charge in [0.1, 0.15) is 5.60 Å². The lowest BCUT2D eigenvalue weighted by Crippen LogP contribution is -2.50. The summed E-state index contributed by atoms with van der Waals surface area (Å²) >= 11 is 0. The molecule has 0 atom stereocenters. The minimum absolute atomic E-state index is 0.178. The fourth-order valence-electron chi connectivity index (χ4n) is 4.41. The highest BCUT2D eigenvalue weighted by molar-refractivity contribution is 5.68. The average molecular weight is 423 g/mol. The van der Waals surface area contributed by atoms with Gasteiger partial charge in [-0.25, -0.2) is 4.79 Å². The van der Waals surface area contributed by atoms with Crippen molar-refractivity contribution < 1.29 is 9.53 Å². The number of nitrogens with one attached hydrogen (secondary N) is 1. The lowest BCUT2D eigenvalue weighted by molar-refractivity contribution is 0.0415. The average Bonchev–Trinajstić information content (AvgIpc) is 2.70. The summed E-state index contributed by atoms with van der Waals surface area (Å²) in [6, 6.07) is 21.4. The molecule has 0 spiro atoms. The van der Waals surface area contributed by atoms with Gasteiger partial charge < -0.3 is 10.1 Å². The Morgan fingerprint density at radius 2 is 1.45 bits per heavy atom. The van der Waals surface area contributed by atoms with Crippen LogP contribution in [0.2, 0.25) is 0 Å². The second kappa shape index (κ2) is 10.3. The molecular formula is C27H38N2O2. The van der Waals surface area contributed by atoms with Crippen LogP contribution in [0.25, 0.3) is 0 Å². The second-order valence-corrected chi connectivity index (χ2v) is 10.3.